The SMILES string of the molecule is CC(C)(C)OC(=O)N1CCC(C2CCN(C(=O)C(F)(F)F)CC2)CC1. The van der Waals surface area contributed by atoms with E-state index < -0.39 is 17.7 Å². The molecule has 0 bridgehead atoms. The Kier molecular flexibility index (Phi) is 5.89. The summed E-state index contributed by atoms with van der Waals surface area (Å²) >= 11 is 0. The van der Waals surface area contributed by atoms with Crippen LogP contribution < -0.4 is 0 Å². The Bertz CT molecular complexity index is 486. The van der Waals surface area contributed by atoms with Crippen LogP contribution in [-0.2, 0) is 9.53 Å². The quantitative estimate of drug-likeness (QED) is 0.716. The standard InChI is InChI=1S/C17H27F3N2O3/c1-16(2,3)25-15(24)22-10-6-13(7-11-22)12-4-8-21(9-5-12)14(23)17(18,19)20/h12-13H,4-11H2,1-3H3. The van der Waals surface area contributed by atoms with Crippen LogP contribution in [0.5, 0.6) is 0 Å². The Morgan fingerprint density at radius 1 is 0.840 bits per heavy atom. The summed E-state index contributed by atoms with van der Waals surface area (Å²) in [5.74, 6) is -1.02. The number of nitrogens with zero attached hydrogens (tertiary/aromatic N) is 2. The molecule has 0 saturated carbocycles. The Morgan fingerprint density at radius 2 is 1.24 bits per heavy atom. The third-order valence-corrected chi connectivity index (χ3v) is 4.93. The van der Waals surface area contributed by atoms with E-state index >= 15 is 0 Å². The molecule has 0 atom stereocenters. The average molecular weight is 364 g/mol. The van der Waals surface area contributed by atoms with Gasteiger partial charge in [0, 0.05) is 26.2 Å². The Balaban J connectivity index is 1.77. The second-order valence-corrected chi connectivity index (χ2v) is 7.93. The second kappa shape index (κ2) is 7.41. The monoisotopic (exact) mass is 364 g/mol. The van der Waals surface area contributed by atoms with Crippen molar-refractivity contribution in [3.63, 3.8) is 0 Å². The Morgan fingerprint density at radius 3 is 1.60 bits per heavy atom. The van der Waals surface area contributed by atoms with E-state index in [1.165, 1.54) is 0 Å². The van der Waals surface area contributed by atoms with Crippen LogP contribution in [0.15, 0.2) is 0 Å². The summed E-state index contributed by atoms with van der Waals surface area (Å²) in [5, 5.41) is 0. The van der Waals surface area contributed by atoms with E-state index in [0.717, 1.165) is 17.7 Å². The minimum absolute atomic E-state index is 0.162. The van der Waals surface area contributed by atoms with Gasteiger partial charge in [-0.05, 0) is 58.3 Å². The highest BCUT2D eigenvalue weighted by molar-refractivity contribution is 5.81. The van der Waals surface area contributed by atoms with E-state index in [-0.39, 0.29) is 19.2 Å². The fourth-order valence-electron chi connectivity index (χ4n) is 3.63. The molecule has 25 heavy (non-hydrogen) atoms. The molecule has 2 fully saturated rings. The molecule has 2 rings (SSSR count). The van der Waals surface area contributed by atoms with Crippen LogP contribution in [0.1, 0.15) is 46.5 Å². The number of ether oxygens (including phenoxy) is 1. The van der Waals surface area contributed by atoms with Crippen LogP contribution in [0.4, 0.5) is 18.0 Å². The molecular formula is C17H27F3N2O3. The predicted octanol–water partition coefficient (Wildman–Crippen LogP) is 3.43. The fourth-order valence-corrected chi connectivity index (χ4v) is 3.63. The summed E-state index contributed by atoms with van der Waals surface area (Å²) in [6.45, 7) is 7.03. The van der Waals surface area contributed by atoms with Gasteiger partial charge in [0.2, 0.25) is 0 Å². The van der Waals surface area contributed by atoms with Crippen molar-refractivity contribution in [3.05, 3.63) is 0 Å². The number of piperidine rings is 2. The number of carbonyl (C=O) groups excluding carboxylic acids is 2. The van der Waals surface area contributed by atoms with Gasteiger partial charge in [0.25, 0.3) is 0 Å². The van der Waals surface area contributed by atoms with Gasteiger partial charge in [-0.2, -0.15) is 13.2 Å². The lowest BCUT2D eigenvalue weighted by atomic mass is 9.79. The van der Waals surface area contributed by atoms with Crippen LogP contribution >= 0.6 is 0 Å². The van der Waals surface area contributed by atoms with Crippen molar-refractivity contribution in [2.45, 2.75) is 58.2 Å². The maximum Gasteiger partial charge on any atom is 0.471 e. The number of alkyl halides is 3. The maximum absolute atomic E-state index is 12.5. The molecular weight excluding hydrogens is 337 g/mol. The number of likely N-dealkylation sites (tertiary alicyclic amines) is 2. The van der Waals surface area contributed by atoms with E-state index in [2.05, 4.69) is 0 Å². The van der Waals surface area contributed by atoms with Crippen LogP contribution in [0, 0.1) is 11.8 Å². The largest absolute Gasteiger partial charge is 0.471 e. The van der Waals surface area contributed by atoms with Crippen LogP contribution in [0.25, 0.3) is 0 Å². The smallest absolute Gasteiger partial charge is 0.444 e. The van der Waals surface area contributed by atoms with Gasteiger partial charge in [-0.15, -0.1) is 0 Å². The first-order valence-electron chi connectivity index (χ1n) is 8.81. The van der Waals surface area contributed by atoms with E-state index in [4.69, 9.17) is 4.74 Å². The maximum atomic E-state index is 12.5. The first-order chi connectivity index (χ1) is 11.5. The summed E-state index contributed by atoms with van der Waals surface area (Å²) in [5.41, 5.74) is -0.522. The van der Waals surface area contributed by atoms with Gasteiger partial charge in [-0.1, -0.05) is 0 Å². The highest BCUT2D eigenvalue weighted by atomic mass is 19.4. The first-order valence-corrected chi connectivity index (χ1v) is 8.81. The van der Waals surface area contributed by atoms with Crippen molar-refractivity contribution >= 4 is 12.0 Å². The average Bonchev–Trinajstić information content (AvgIpc) is 2.52. The Hall–Kier alpha value is -1.47. The molecule has 0 unspecified atom stereocenters. The summed E-state index contributed by atoms with van der Waals surface area (Å²) < 4.78 is 42.8. The second-order valence-electron chi connectivity index (χ2n) is 7.93. The van der Waals surface area contributed by atoms with Gasteiger partial charge in [0.1, 0.15) is 5.60 Å². The zero-order valence-corrected chi connectivity index (χ0v) is 15.1. The van der Waals surface area contributed by atoms with Crippen molar-refractivity contribution in [2.24, 2.45) is 11.8 Å². The molecule has 2 heterocycles. The fraction of sp³-hybridized carbons (Fsp3) is 0.882. The van der Waals surface area contributed by atoms with Crippen molar-refractivity contribution in [2.75, 3.05) is 26.2 Å². The number of carbonyl (C=O) groups is 2. The zero-order valence-electron chi connectivity index (χ0n) is 15.1. The molecule has 0 radical (unpaired) electrons. The molecule has 0 aromatic rings. The van der Waals surface area contributed by atoms with Crippen LogP contribution in [0.3, 0.4) is 0 Å². The summed E-state index contributed by atoms with van der Waals surface area (Å²) in [4.78, 5) is 25.9. The third-order valence-electron chi connectivity index (χ3n) is 4.93. The molecule has 0 aromatic heterocycles. The zero-order chi connectivity index (χ0) is 18.8. The molecule has 2 saturated heterocycles. The molecule has 2 aliphatic heterocycles. The van der Waals surface area contributed by atoms with Gasteiger partial charge in [0.15, 0.2) is 0 Å². The van der Waals surface area contributed by atoms with Gasteiger partial charge >= 0.3 is 18.2 Å². The topological polar surface area (TPSA) is 49.9 Å². The number of hydrogen-bond donors (Lipinski definition) is 0. The van der Waals surface area contributed by atoms with E-state index in [9.17, 15) is 22.8 Å². The lowest BCUT2D eigenvalue weighted by Crippen LogP contribution is -2.47. The van der Waals surface area contributed by atoms with Crippen molar-refractivity contribution in [3.8, 4) is 0 Å². The molecule has 2 aliphatic rings. The minimum atomic E-state index is -4.79. The molecule has 0 aromatic carbocycles. The van der Waals surface area contributed by atoms with Gasteiger partial charge in [-0.3, -0.25) is 4.79 Å². The number of halogens is 3. The molecule has 144 valence electrons. The van der Waals surface area contributed by atoms with Crippen LogP contribution in [0.2, 0.25) is 0 Å². The van der Waals surface area contributed by atoms with Crippen molar-refractivity contribution in [1.82, 2.24) is 9.80 Å². The first kappa shape index (κ1) is 19.8. The van der Waals surface area contributed by atoms with Crippen LogP contribution in [-0.4, -0.2) is 59.8 Å². The summed E-state index contributed by atoms with van der Waals surface area (Å²) in [7, 11) is 0. The summed E-state index contributed by atoms with van der Waals surface area (Å²) in [6, 6.07) is 0. The highest BCUT2D eigenvalue weighted by Crippen LogP contribution is 2.34. The molecule has 0 N–H and O–H groups in total. The van der Waals surface area contributed by atoms with Crippen molar-refractivity contribution < 1.29 is 27.5 Å². The molecule has 5 nitrogen and oxygen atoms in total. The third kappa shape index (κ3) is 5.51. The molecule has 2 amide bonds. The lowest BCUT2D eigenvalue weighted by Gasteiger charge is -2.40. The van der Waals surface area contributed by atoms with Gasteiger partial charge in [-0.25, -0.2) is 4.79 Å². The minimum Gasteiger partial charge on any atom is -0.444 e. The number of rotatable bonds is 1. The normalized spacial score (nSPS) is 21.4. The lowest BCUT2D eigenvalue weighted by molar-refractivity contribution is -0.187. The molecule has 0 spiro atoms. The van der Waals surface area contributed by atoms with E-state index in [0.29, 0.717) is 37.8 Å². The summed E-state index contributed by atoms with van der Waals surface area (Å²) in [6.07, 6.45) is -2.24. The van der Waals surface area contributed by atoms with E-state index in [1.54, 1.807) is 4.90 Å². The molecule has 8 heteroatoms. The van der Waals surface area contributed by atoms with Gasteiger partial charge < -0.3 is 14.5 Å². The highest BCUT2D eigenvalue weighted by Gasteiger charge is 2.44. The number of hydrogen-bond acceptors (Lipinski definition) is 3. The Labute approximate surface area is 146 Å². The molecule has 0 aliphatic carbocycles. The van der Waals surface area contributed by atoms with Crippen molar-refractivity contribution in [1.29, 1.82) is 0 Å². The van der Waals surface area contributed by atoms with E-state index in [1.807, 2.05) is 20.8 Å². The van der Waals surface area contributed by atoms with Gasteiger partial charge in [0.05, 0.1) is 0 Å². The number of amides is 2. The predicted molar refractivity (Wildman–Crippen MR) is 85.9 cm³/mol.